The third-order valence-electron chi connectivity index (χ3n) is 5.53. The van der Waals surface area contributed by atoms with Crippen LogP contribution in [0.15, 0.2) is 84.9 Å². The van der Waals surface area contributed by atoms with Gasteiger partial charge in [-0.3, -0.25) is 10.1 Å². The average molecular weight is 537 g/mol. The predicted molar refractivity (Wildman–Crippen MR) is 149 cm³/mol. The maximum atomic E-state index is 13.3. The van der Waals surface area contributed by atoms with Crippen molar-refractivity contribution >= 4 is 68.9 Å². The Balaban J connectivity index is 1.65. The standard InChI is InChI=1S/C28H22Cl2N2O3S/c1-2-35-27(34)19-11-14-22(15-12-19)32(17-20-10-13-21(29)16-25(20)30)28(36)31-26(33)24-9-5-7-18-6-3-4-8-23(18)24/h3-16H,2,17H2,1H3,(H,31,33,36). The van der Waals surface area contributed by atoms with Crippen molar-refractivity contribution in [3.05, 3.63) is 112 Å². The molecule has 0 aliphatic carbocycles. The lowest BCUT2D eigenvalue weighted by Gasteiger charge is -2.26. The van der Waals surface area contributed by atoms with Gasteiger partial charge < -0.3 is 9.64 Å². The number of nitrogens with zero attached hydrogens (tertiary/aromatic N) is 1. The Hall–Kier alpha value is -3.45. The highest BCUT2D eigenvalue weighted by Crippen LogP contribution is 2.26. The molecule has 4 aromatic carbocycles. The van der Waals surface area contributed by atoms with Crippen molar-refractivity contribution in [3.8, 4) is 0 Å². The molecule has 0 unspecified atom stereocenters. The first-order valence-electron chi connectivity index (χ1n) is 11.2. The summed E-state index contributed by atoms with van der Waals surface area (Å²) < 4.78 is 5.07. The number of hydrogen-bond acceptors (Lipinski definition) is 4. The minimum atomic E-state index is -0.414. The molecular formula is C28H22Cl2N2O3S. The lowest BCUT2D eigenvalue weighted by molar-refractivity contribution is 0.0526. The minimum Gasteiger partial charge on any atom is -0.462 e. The number of amides is 1. The van der Waals surface area contributed by atoms with Crippen LogP contribution >= 0.6 is 35.4 Å². The van der Waals surface area contributed by atoms with Crippen LogP contribution in [0.3, 0.4) is 0 Å². The van der Waals surface area contributed by atoms with Crippen molar-refractivity contribution in [1.29, 1.82) is 0 Å². The first kappa shape index (κ1) is 25.6. The van der Waals surface area contributed by atoms with Crippen LogP contribution in [0.2, 0.25) is 10.0 Å². The Morgan fingerprint density at radius 2 is 1.67 bits per heavy atom. The van der Waals surface area contributed by atoms with E-state index in [1.54, 1.807) is 60.4 Å². The number of ether oxygens (including phenoxy) is 1. The van der Waals surface area contributed by atoms with Gasteiger partial charge in [0.15, 0.2) is 5.11 Å². The van der Waals surface area contributed by atoms with Crippen molar-refractivity contribution in [2.75, 3.05) is 11.5 Å². The minimum absolute atomic E-state index is 0.183. The van der Waals surface area contributed by atoms with Crippen molar-refractivity contribution in [2.45, 2.75) is 13.5 Å². The lowest BCUT2D eigenvalue weighted by Crippen LogP contribution is -2.42. The SMILES string of the molecule is CCOC(=O)c1ccc(N(Cc2ccc(Cl)cc2Cl)C(=S)NC(=O)c2cccc3ccccc23)cc1. The van der Waals surface area contributed by atoms with Gasteiger partial charge in [-0.05, 0) is 77.9 Å². The molecule has 5 nitrogen and oxygen atoms in total. The highest BCUT2D eigenvalue weighted by Gasteiger charge is 2.19. The summed E-state index contributed by atoms with van der Waals surface area (Å²) in [4.78, 5) is 27.1. The predicted octanol–water partition coefficient (Wildman–Crippen LogP) is 7.04. The van der Waals surface area contributed by atoms with E-state index in [9.17, 15) is 9.59 Å². The first-order chi connectivity index (χ1) is 17.4. The zero-order chi connectivity index (χ0) is 25.7. The smallest absolute Gasteiger partial charge is 0.338 e. The molecule has 0 aromatic heterocycles. The maximum Gasteiger partial charge on any atom is 0.338 e. The summed E-state index contributed by atoms with van der Waals surface area (Å²) in [7, 11) is 0. The van der Waals surface area contributed by atoms with Crippen LogP contribution in [0, 0.1) is 0 Å². The number of carbonyl (C=O) groups excluding carboxylic acids is 2. The van der Waals surface area contributed by atoms with E-state index in [4.69, 9.17) is 40.2 Å². The van der Waals surface area contributed by atoms with Crippen LogP contribution in [-0.2, 0) is 11.3 Å². The molecule has 0 fully saturated rings. The normalized spacial score (nSPS) is 10.6. The summed E-state index contributed by atoms with van der Waals surface area (Å²) in [6.45, 7) is 2.30. The van der Waals surface area contributed by atoms with Gasteiger partial charge in [0.25, 0.3) is 5.91 Å². The van der Waals surface area contributed by atoms with Crippen LogP contribution < -0.4 is 10.2 Å². The van der Waals surface area contributed by atoms with Crippen LogP contribution in [-0.4, -0.2) is 23.6 Å². The fourth-order valence-corrected chi connectivity index (χ4v) is 4.48. The highest BCUT2D eigenvalue weighted by atomic mass is 35.5. The third-order valence-corrected chi connectivity index (χ3v) is 6.44. The zero-order valence-electron chi connectivity index (χ0n) is 19.3. The van der Waals surface area contributed by atoms with E-state index in [1.165, 1.54) is 0 Å². The fraction of sp³-hybridized carbons (Fsp3) is 0.107. The summed E-state index contributed by atoms with van der Waals surface area (Å²) in [6.07, 6.45) is 0. The molecule has 36 heavy (non-hydrogen) atoms. The molecule has 0 saturated heterocycles. The van der Waals surface area contributed by atoms with E-state index in [0.717, 1.165) is 16.3 Å². The van der Waals surface area contributed by atoms with Gasteiger partial charge in [0, 0.05) is 21.3 Å². The molecule has 0 aliphatic heterocycles. The Morgan fingerprint density at radius 1 is 0.944 bits per heavy atom. The molecule has 0 spiro atoms. The van der Waals surface area contributed by atoms with E-state index in [0.29, 0.717) is 26.9 Å². The lowest BCUT2D eigenvalue weighted by atomic mass is 10.0. The zero-order valence-corrected chi connectivity index (χ0v) is 21.7. The van der Waals surface area contributed by atoms with Crippen LogP contribution in [0.5, 0.6) is 0 Å². The van der Waals surface area contributed by atoms with E-state index < -0.39 is 5.97 Å². The molecule has 0 bridgehead atoms. The number of fused-ring (bicyclic) bond motifs is 1. The summed E-state index contributed by atoms with van der Waals surface area (Å²) in [5.74, 6) is -0.740. The van der Waals surface area contributed by atoms with Crippen LogP contribution in [0.1, 0.15) is 33.2 Å². The summed E-state index contributed by atoms with van der Waals surface area (Å²) in [5.41, 5.74) is 2.35. The molecule has 0 atom stereocenters. The summed E-state index contributed by atoms with van der Waals surface area (Å²) in [5, 5.41) is 5.80. The number of anilines is 1. The topological polar surface area (TPSA) is 58.6 Å². The summed E-state index contributed by atoms with van der Waals surface area (Å²) in [6, 6.07) is 25.2. The van der Waals surface area contributed by atoms with Gasteiger partial charge in [-0.25, -0.2) is 4.79 Å². The van der Waals surface area contributed by atoms with Crippen molar-refractivity contribution < 1.29 is 14.3 Å². The number of benzene rings is 4. The van der Waals surface area contributed by atoms with E-state index in [-0.39, 0.29) is 24.2 Å². The number of carbonyl (C=O) groups is 2. The van der Waals surface area contributed by atoms with Crippen LogP contribution in [0.4, 0.5) is 5.69 Å². The van der Waals surface area contributed by atoms with Gasteiger partial charge >= 0.3 is 5.97 Å². The monoisotopic (exact) mass is 536 g/mol. The number of hydrogen-bond donors (Lipinski definition) is 1. The Labute approximate surface area is 224 Å². The van der Waals surface area contributed by atoms with Crippen molar-refractivity contribution in [1.82, 2.24) is 5.32 Å². The van der Waals surface area contributed by atoms with E-state index in [2.05, 4.69) is 5.32 Å². The quantitative estimate of drug-likeness (QED) is 0.211. The number of thiocarbonyl (C=S) groups is 1. The number of rotatable bonds is 6. The van der Waals surface area contributed by atoms with Crippen molar-refractivity contribution in [2.24, 2.45) is 0 Å². The molecule has 0 radical (unpaired) electrons. The average Bonchev–Trinajstić information content (AvgIpc) is 2.88. The molecular weight excluding hydrogens is 515 g/mol. The third kappa shape index (κ3) is 5.85. The van der Waals surface area contributed by atoms with Gasteiger partial charge in [0.1, 0.15) is 0 Å². The maximum absolute atomic E-state index is 13.3. The molecule has 0 aliphatic rings. The summed E-state index contributed by atoms with van der Waals surface area (Å²) >= 11 is 18.2. The second kappa shape index (κ2) is 11.5. The molecule has 1 N–H and O–H groups in total. The first-order valence-corrected chi connectivity index (χ1v) is 12.4. The molecule has 4 aromatic rings. The fourth-order valence-electron chi connectivity index (χ4n) is 3.75. The van der Waals surface area contributed by atoms with E-state index in [1.807, 2.05) is 36.4 Å². The molecule has 8 heteroatoms. The van der Waals surface area contributed by atoms with Gasteiger partial charge in [0.05, 0.1) is 18.7 Å². The molecule has 4 rings (SSSR count). The molecule has 1 amide bonds. The van der Waals surface area contributed by atoms with Gasteiger partial charge in [-0.2, -0.15) is 0 Å². The van der Waals surface area contributed by atoms with Gasteiger partial charge in [0.2, 0.25) is 0 Å². The number of nitrogens with one attached hydrogen (secondary N) is 1. The molecule has 182 valence electrons. The number of halogens is 2. The second-order valence-electron chi connectivity index (χ2n) is 7.88. The second-order valence-corrected chi connectivity index (χ2v) is 9.11. The van der Waals surface area contributed by atoms with Gasteiger partial charge in [-0.1, -0.05) is 65.7 Å². The van der Waals surface area contributed by atoms with E-state index >= 15 is 0 Å². The largest absolute Gasteiger partial charge is 0.462 e. The Bertz CT molecular complexity index is 1440. The van der Waals surface area contributed by atoms with Gasteiger partial charge in [-0.15, -0.1) is 0 Å². The van der Waals surface area contributed by atoms with Crippen molar-refractivity contribution in [3.63, 3.8) is 0 Å². The molecule has 0 saturated carbocycles. The highest BCUT2D eigenvalue weighted by molar-refractivity contribution is 7.80. The van der Waals surface area contributed by atoms with Crippen LogP contribution in [0.25, 0.3) is 10.8 Å². The number of esters is 1. The Morgan fingerprint density at radius 3 is 2.39 bits per heavy atom. The molecule has 0 heterocycles. The Kier molecular flexibility index (Phi) is 8.21.